The molecule has 198 valence electrons. The van der Waals surface area contributed by atoms with Crippen LogP contribution in [0.15, 0.2) is 60.7 Å². The van der Waals surface area contributed by atoms with Crippen LogP contribution < -0.4 is 0 Å². The summed E-state index contributed by atoms with van der Waals surface area (Å²) in [7, 11) is 0. The van der Waals surface area contributed by atoms with E-state index in [0.29, 0.717) is 47.4 Å². The maximum Gasteiger partial charge on any atom is 0.416 e. The Morgan fingerprint density at radius 1 is 0.921 bits per heavy atom. The van der Waals surface area contributed by atoms with Gasteiger partial charge in [-0.05, 0) is 74.2 Å². The molecule has 0 spiro atoms. The van der Waals surface area contributed by atoms with E-state index in [4.69, 9.17) is 0 Å². The molecule has 0 saturated carbocycles. The molecule has 1 aliphatic heterocycles. The number of amides is 1. The van der Waals surface area contributed by atoms with Crippen LogP contribution in [0.25, 0.3) is 22.2 Å². The van der Waals surface area contributed by atoms with Gasteiger partial charge in [-0.25, -0.2) is 4.98 Å². The minimum atomic E-state index is -4.50. The van der Waals surface area contributed by atoms with E-state index >= 15 is 0 Å². The van der Waals surface area contributed by atoms with Crippen LogP contribution in [-0.2, 0) is 17.9 Å². The summed E-state index contributed by atoms with van der Waals surface area (Å²) in [6.07, 6.45) is -7.80. The average Bonchev–Trinajstić information content (AvgIpc) is 3.46. The SMILES string of the molecule is Cc1ccc(-c2ccc(C(F)(F)F)cc2)c(C(=O)N2CCCC2(C)c2nc3ccc(C(F)(F)F)cc3[nH]2)c1. The van der Waals surface area contributed by atoms with E-state index in [0.717, 1.165) is 29.8 Å². The second kappa shape index (κ2) is 8.89. The van der Waals surface area contributed by atoms with Crippen LogP contribution in [0.5, 0.6) is 0 Å². The molecule has 0 radical (unpaired) electrons. The lowest BCUT2D eigenvalue weighted by Gasteiger charge is -2.34. The Morgan fingerprint density at radius 3 is 2.24 bits per heavy atom. The van der Waals surface area contributed by atoms with E-state index in [1.165, 1.54) is 18.2 Å². The molecule has 3 aromatic carbocycles. The van der Waals surface area contributed by atoms with Crippen molar-refractivity contribution in [3.8, 4) is 11.1 Å². The molecule has 4 nitrogen and oxygen atoms in total. The zero-order valence-corrected chi connectivity index (χ0v) is 20.5. The van der Waals surface area contributed by atoms with Crippen LogP contribution in [0.1, 0.15) is 52.6 Å². The standard InChI is InChI=1S/C28H23F6N3O/c1-16-4-10-20(17-5-7-18(8-6-17)27(29,30)31)21(14-16)24(38)37-13-3-12-26(37,2)25-35-22-11-9-19(28(32,33)34)15-23(22)36-25/h4-11,14-15H,3,12-13H2,1-2H3,(H,35,36). The molecule has 4 aromatic rings. The number of rotatable bonds is 3. The van der Waals surface area contributed by atoms with Gasteiger partial charge in [-0.2, -0.15) is 26.3 Å². The molecular formula is C28H23F6N3O. The van der Waals surface area contributed by atoms with E-state index in [1.54, 1.807) is 23.1 Å². The number of benzene rings is 3. The summed E-state index contributed by atoms with van der Waals surface area (Å²) < 4.78 is 78.8. The largest absolute Gasteiger partial charge is 0.416 e. The molecule has 1 N–H and O–H groups in total. The van der Waals surface area contributed by atoms with Crippen molar-refractivity contribution in [1.29, 1.82) is 0 Å². The number of likely N-dealkylation sites (tertiary alicyclic amines) is 1. The van der Waals surface area contributed by atoms with Gasteiger partial charge in [0.15, 0.2) is 0 Å². The van der Waals surface area contributed by atoms with Crippen LogP contribution in [0.2, 0.25) is 0 Å². The minimum absolute atomic E-state index is 0.219. The maximum absolute atomic E-state index is 14.0. The Morgan fingerprint density at radius 2 is 1.58 bits per heavy atom. The lowest BCUT2D eigenvalue weighted by Crippen LogP contribution is -2.43. The van der Waals surface area contributed by atoms with Crippen molar-refractivity contribution in [2.75, 3.05) is 6.54 Å². The molecule has 1 aliphatic rings. The molecule has 1 saturated heterocycles. The first-order valence-electron chi connectivity index (χ1n) is 11.9. The third kappa shape index (κ3) is 4.52. The summed E-state index contributed by atoms with van der Waals surface area (Å²) in [5.74, 6) is 0.0430. The van der Waals surface area contributed by atoms with Crippen molar-refractivity contribution in [3.63, 3.8) is 0 Å². The molecule has 1 unspecified atom stereocenters. The normalized spacial score (nSPS) is 18.4. The number of aromatic amines is 1. The summed E-state index contributed by atoms with van der Waals surface area (Å²) >= 11 is 0. The van der Waals surface area contributed by atoms with Gasteiger partial charge in [0.2, 0.25) is 0 Å². The Bertz CT molecular complexity index is 1520. The number of hydrogen-bond acceptors (Lipinski definition) is 2. The summed E-state index contributed by atoms with van der Waals surface area (Å²) in [5, 5.41) is 0. The average molecular weight is 532 g/mol. The van der Waals surface area contributed by atoms with Crippen LogP contribution >= 0.6 is 0 Å². The smallest absolute Gasteiger partial charge is 0.340 e. The lowest BCUT2D eigenvalue weighted by atomic mass is 9.93. The van der Waals surface area contributed by atoms with Gasteiger partial charge in [0.05, 0.1) is 27.7 Å². The predicted octanol–water partition coefficient (Wildman–Crippen LogP) is 7.73. The van der Waals surface area contributed by atoms with E-state index in [1.807, 2.05) is 13.8 Å². The van der Waals surface area contributed by atoms with Gasteiger partial charge in [0.1, 0.15) is 5.82 Å². The Kier molecular flexibility index (Phi) is 6.04. The van der Waals surface area contributed by atoms with Crippen molar-refractivity contribution in [2.45, 2.75) is 44.6 Å². The number of alkyl halides is 6. The third-order valence-corrected chi connectivity index (χ3v) is 7.13. The quantitative estimate of drug-likeness (QED) is 0.275. The molecule has 10 heteroatoms. The van der Waals surface area contributed by atoms with Crippen LogP contribution in [0.3, 0.4) is 0 Å². The van der Waals surface area contributed by atoms with E-state index in [2.05, 4.69) is 9.97 Å². The molecule has 5 rings (SSSR count). The number of fused-ring (bicyclic) bond motifs is 1. The second-order valence-corrected chi connectivity index (χ2v) is 9.77. The van der Waals surface area contributed by atoms with Crippen LogP contribution in [-0.4, -0.2) is 27.3 Å². The Labute approximate surface area is 214 Å². The first-order valence-corrected chi connectivity index (χ1v) is 11.9. The van der Waals surface area contributed by atoms with Gasteiger partial charge in [0.25, 0.3) is 5.91 Å². The van der Waals surface area contributed by atoms with Crippen molar-refractivity contribution in [2.24, 2.45) is 0 Å². The molecule has 1 amide bonds. The van der Waals surface area contributed by atoms with Gasteiger partial charge >= 0.3 is 12.4 Å². The molecule has 1 aromatic heterocycles. The highest BCUT2D eigenvalue weighted by molar-refractivity contribution is 6.01. The number of carbonyl (C=O) groups excluding carboxylic acids is 1. The summed E-state index contributed by atoms with van der Waals surface area (Å²) in [6, 6.07) is 13.1. The number of aromatic nitrogens is 2. The van der Waals surface area contributed by atoms with Gasteiger partial charge in [-0.3, -0.25) is 4.79 Å². The predicted molar refractivity (Wildman–Crippen MR) is 130 cm³/mol. The van der Waals surface area contributed by atoms with Crippen molar-refractivity contribution in [3.05, 3.63) is 88.7 Å². The summed E-state index contributed by atoms with van der Waals surface area (Å²) in [6.45, 7) is 4.02. The Hall–Kier alpha value is -3.82. The number of aryl methyl sites for hydroxylation is 1. The number of hydrogen-bond donors (Lipinski definition) is 1. The zero-order chi connectivity index (χ0) is 27.5. The van der Waals surface area contributed by atoms with E-state index in [-0.39, 0.29) is 11.4 Å². The van der Waals surface area contributed by atoms with Gasteiger partial charge in [-0.1, -0.05) is 29.8 Å². The summed E-state index contributed by atoms with van der Waals surface area (Å²) in [5.41, 5.74) is 0.147. The minimum Gasteiger partial charge on any atom is -0.340 e. The van der Waals surface area contributed by atoms with Crippen molar-refractivity contribution in [1.82, 2.24) is 14.9 Å². The number of imidazole rings is 1. The van der Waals surface area contributed by atoms with Gasteiger partial charge in [0, 0.05) is 12.1 Å². The first kappa shape index (κ1) is 25.8. The number of nitrogens with one attached hydrogen (secondary N) is 1. The number of halogens is 6. The van der Waals surface area contributed by atoms with Crippen molar-refractivity contribution < 1.29 is 31.1 Å². The molecule has 1 fully saturated rings. The number of H-pyrrole nitrogens is 1. The number of nitrogens with zero attached hydrogens (tertiary/aromatic N) is 2. The Balaban J connectivity index is 1.53. The second-order valence-electron chi connectivity index (χ2n) is 9.77. The van der Waals surface area contributed by atoms with Crippen LogP contribution in [0.4, 0.5) is 26.3 Å². The summed E-state index contributed by atoms with van der Waals surface area (Å²) in [4.78, 5) is 23.1. The van der Waals surface area contributed by atoms with E-state index in [9.17, 15) is 31.1 Å². The third-order valence-electron chi connectivity index (χ3n) is 7.13. The topological polar surface area (TPSA) is 49.0 Å². The molecule has 38 heavy (non-hydrogen) atoms. The molecule has 0 bridgehead atoms. The fourth-order valence-corrected chi connectivity index (χ4v) is 5.05. The maximum atomic E-state index is 14.0. The first-order chi connectivity index (χ1) is 17.8. The fraction of sp³-hybridized carbons (Fsp3) is 0.286. The molecule has 1 atom stereocenters. The highest BCUT2D eigenvalue weighted by Gasteiger charge is 2.44. The van der Waals surface area contributed by atoms with E-state index < -0.39 is 29.0 Å². The van der Waals surface area contributed by atoms with Gasteiger partial charge in [-0.15, -0.1) is 0 Å². The molecule has 0 aliphatic carbocycles. The van der Waals surface area contributed by atoms with Crippen LogP contribution in [0, 0.1) is 6.92 Å². The van der Waals surface area contributed by atoms with Crippen molar-refractivity contribution >= 4 is 16.9 Å². The van der Waals surface area contributed by atoms with Gasteiger partial charge < -0.3 is 9.88 Å². The molecular weight excluding hydrogens is 508 g/mol. The number of carbonyl (C=O) groups is 1. The zero-order valence-electron chi connectivity index (χ0n) is 20.5. The monoisotopic (exact) mass is 531 g/mol. The lowest BCUT2D eigenvalue weighted by molar-refractivity contribution is -0.138. The highest BCUT2D eigenvalue weighted by Crippen LogP contribution is 2.41. The highest BCUT2D eigenvalue weighted by atomic mass is 19.4. The molecule has 2 heterocycles. The fourth-order valence-electron chi connectivity index (χ4n) is 5.05.